The average molecular weight is 439 g/mol. The van der Waals surface area contributed by atoms with Crippen LogP contribution < -0.4 is 10.0 Å². The quantitative estimate of drug-likeness (QED) is 0.427. The van der Waals surface area contributed by atoms with Gasteiger partial charge in [0.2, 0.25) is 10.0 Å². The molecule has 1 heterocycles. The average Bonchev–Trinajstić information content (AvgIpc) is 2.74. The fourth-order valence-electron chi connectivity index (χ4n) is 2.77. The van der Waals surface area contributed by atoms with Crippen molar-refractivity contribution in [1.82, 2.24) is 9.97 Å². The number of carbonyl (C=O) groups is 1. The van der Waals surface area contributed by atoms with Gasteiger partial charge >= 0.3 is 5.97 Å². The highest BCUT2D eigenvalue weighted by molar-refractivity contribution is 7.92. The molecule has 0 aliphatic rings. The number of nitrogens with one attached hydrogen (secondary N) is 2. The van der Waals surface area contributed by atoms with E-state index in [1.807, 2.05) is 43.3 Å². The number of aromatic nitrogens is 2. The van der Waals surface area contributed by atoms with Gasteiger partial charge in [0.05, 0.1) is 24.7 Å². The molecular formula is C22H22N4O4S. The highest BCUT2D eigenvalue weighted by Gasteiger charge is 2.08. The molecule has 0 aliphatic heterocycles. The van der Waals surface area contributed by atoms with Gasteiger partial charge in [0.15, 0.2) is 0 Å². The summed E-state index contributed by atoms with van der Waals surface area (Å²) in [6.45, 7) is 1.82. The lowest BCUT2D eigenvalue weighted by atomic mass is 10.1. The minimum Gasteiger partial charge on any atom is -0.466 e. The van der Waals surface area contributed by atoms with Crippen LogP contribution in [0.15, 0.2) is 60.9 Å². The zero-order valence-corrected chi connectivity index (χ0v) is 18.1. The molecule has 1 aromatic heterocycles. The molecule has 3 aromatic rings. The Morgan fingerprint density at radius 3 is 2.65 bits per heavy atom. The van der Waals surface area contributed by atoms with Gasteiger partial charge in [0, 0.05) is 23.4 Å². The number of esters is 1. The third-order valence-corrected chi connectivity index (χ3v) is 4.86. The molecule has 0 saturated heterocycles. The van der Waals surface area contributed by atoms with Crippen LogP contribution >= 0.6 is 0 Å². The number of hydrogen-bond acceptors (Lipinski definition) is 7. The number of sulfonamides is 1. The summed E-state index contributed by atoms with van der Waals surface area (Å²) in [5.41, 5.74) is 4.33. The molecule has 2 N–H and O–H groups in total. The zero-order valence-electron chi connectivity index (χ0n) is 17.3. The molecule has 0 radical (unpaired) electrons. The minimum absolute atomic E-state index is 0.429. The summed E-state index contributed by atoms with van der Waals surface area (Å²) in [6.07, 6.45) is 5.57. The SMILES string of the molecule is COC(=O)C=Cc1cccc(-c2cc(Nc3ccc(C)c(NS(C)(=O)=O)c3)ncn2)c1. The number of benzene rings is 2. The molecule has 0 spiro atoms. The molecule has 0 saturated carbocycles. The summed E-state index contributed by atoms with van der Waals surface area (Å²) >= 11 is 0. The van der Waals surface area contributed by atoms with Gasteiger partial charge in [-0.3, -0.25) is 4.72 Å². The molecule has 0 bridgehead atoms. The van der Waals surface area contributed by atoms with Crippen molar-refractivity contribution in [3.05, 3.63) is 72.1 Å². The largest absolute Gasteiger partial charge is 0.466 e. The Kier molecular flexibility index (Phi) is 6.66. The molecule has 0 aliphatic carbocycles. The third-order valence-electron chi connectivity index (χ3n) is 4.27. The Labute approximate surface area is 181 Å². The lowest BCUT2D eigenvalue weighted by molar-refractivity contribution is -0.134. The first kappa shape index (κ1) is 22.0. The predicted molar refractivity (Wildman–Crippen MR) is 121 cm³/mol. The lowest BCUT2D eigenvalue weighted by Gasteiger charge is -2.12. The number of anilines is 3. The number of hydrogen-bond donors (Lipinski definition) is 2. The Bertz CT molecular complexity index is 1240. The van der Waals surface area contributed by atoms with Gasteiger partial charge in [-0.15, -0.1) is 0 Å². The van der Waals surface area contributed by atoms with Crippen LogP contribution in [-0.4, -0.2) is 37.7 Å². The molecule has 160 valence electrons. The molecule has 2 aromatic carbocycles. The first-order chi connectivity index (χ1) is 14.7. The standard InChI is InChI=1S/C22H22N4O4S/c1-15-7-9-18(12-19(15)26-31(3,28)29)25-21-13-20(23-14-24-21)17-6-4-5-16(11-17)8-10-22(27)30-2/h4-14,26H,1-3H3,(H,23,24,25). The maximum atomic E-state index is 11.6. The Morgan fingerprint density at radius 2 is 1.90 bits per heavy atom. The molecule has 9 heteroatoms. The molecule has 0 amide bonds. The molecule has 8 nitrogen and oxygen atoms in total. The summed E-state index contributed by atoms with van der Waals surface area (Å²) in [5, 5.41) is 3.17. The van der Waals surface area contributed by atoms with Crippen LogP contribution in [-0.2, 0) is 19.6 Å². The van der Waals surface area contributed by atoms with Gasteiger partial charge in [-0.05, 0) is 42.3 Å². The molecule has 3 rings (SSSR count). The summed E-state index contributed by atoms with van der Waals surface area (Å²) in [6, 6.07) is 14.7. The number of ether oxygens (including phenoxy) is 1. The second-order valence-electron chi connectivity index (χ2n) is 6.80. The van der Waals surface area contributed by atoms with Crippen LogP contribution in [0.2, 0.25) is 0 Å². The summed E-state index contributed by atoms with van der Waals surface area (Å²) in [5.74, 6) is 0.122. The fourth-order valence-corrected chi connectivity index (χ4v) is 3.39. The number of nitrogens with zero attached hydrogens (tertiary/aromatic N) is 2. The number of rotatable bonds is 7. The predicted octanol–water partition coefficient (Wildman–Crippen LogP) is 3.75. The van der Waals surface area contributed by atoms with Crippen LogP contribution in [0.25, 0.3) is 17.3 Å². The van der Waals surface area contributed by atoms with E-state index in [4.69, 9.17) is 0 Å². The van der Waals surface area contributed by atoms with E-state index in [1.54, 1.807) is 18.2 Å². The monoisotopic (exact) mass is 438 g/mol. The molecule has 0 fully saturated rings. The van der Waals surface area contributed by atoms with Crippen LogP contribution in [0.5, 0.6) is 0 Å². The van der Waals surface area contributed by atoms with Crippen LogP contribution in [0, 0.1) is 6.92 Å². The van der Waals surface area contributed by atoms with Gasteiger partial charge < -0.3 is 10.1 Å². The van der Waals surface area contributed by atoms with Crippen molar-refractivity contribution in [3.8, 4) is 11.3 Å². The number of carbonyl (C=O) groups excluding carboxylic acids is 1. The van der Waals surface area contributed by atoms with E-state index >= 15 is 0 Å². The van der Waals surface area contributed by atoms with Crippen molar-refractivity contribution in [2.45, 2.75) is 6.92 Å². The Hall–Kier alpha value is -3.72. The van der Waals surface area contributed by atoms with Gasteiger partial charge in [-0.2, -0.15) is 0 Å². The van der Waals surface area contributed by atoms with E-state index in [9.17, 15) is 13.2 Å². The normalized spacial score (nSPS) is 11.3. The molecule has 0 unspecified atom stereocenters. The van der Waals surface area contributed by atoms with Crippen molar-refractivity contribution >= 4 is 39.3 Å². The van der Waals surface area contributed by atoms with Crippen LogP contribution in [0.3, 0.4) is 0 Å². The molecule has 31 heavy (non-hydrogen) atoms. The van der Waals surface area contributed by atoms with E-state index in [0.717, 1.165) is 22.9 Å². The summed E-state index contributed by atoms with van der Waals surface area (Å²) < 4.78 is 30.3. The van der Waals surface area contributed by atoms with Crippen molar-refractivity contribution in [1.29, 1.82) is 0 Å². The van der Waals surface area contributed by atoms with Gasteiger partial charge in [0.1, 0.15) is 12.1 Å². The van der Waals surface area contributed by atoms with Gasteiger partial charge in [0.25, 0.3) is 0 Å². The van der Waals surface area contributed by atoms with Gasteiger partial charge in [-0.25, -0.2) is 23.2 Å². The van der Waals surface area contributed by atoms with Crippen molar-refractivity contribution in [2.75, 3.05) is 23.4 Å². The van der Waals surface area contributed by atoms with Gasteiger partial charge in [-0.1, -0.05) is 24.3 Å². The van der Waals surface area contributed by atoms with Crippen molar-refractivity contribution in [2.24, 2.45) is 0 Å². The maximum absolute atomic E-state index is 11.6. The minimum atomic E-state index is -3.39. The lowest BCUT2D eigenvalue weighted by Crippen LogP contribution is -2.10. The maximum Gasteiger partial charge on any atom is 0.330 e. The van der Waals surface area contributed by atoms with Crippen molar-refractivity contribution in [3.63, 3.8) is 0 Å². The Morgan fingerprint density at radius 1 is 1.10 bits per heavy atom. The highest BCUT2D eigenvalue weighted by Crippen LogP contribution is 2.25. The van der Waals surface area contributed by atoms with E-state index in [-0.39, 0.29) is 0 Å². The van der Waals surface area contributed by atoms with Crippen LogP contribution in [0.1, 0.15) is 11.1 Å². The Balaban J connectivity index is 1.84. The second-order valence-corrected chi connectivity index (χ2v) is 8.55. The van der Waals surface area contributed by atoms with E-state index in [2.05, 4.69) is 24.7 Å². The first-order valence-electron chi connectivity index (χ1n) is 9.27. The highest BCUT2D eigenvalue weighted by atomic mass is 32.2. The fraction of sp³-hybridized carbons (Fsp3) is 0.136. The first-order valence-corrected chi connectivity index (χ1v) is 11.2. The topological polar surface area (TPSA) is 110 Å². The number of methoxy groups -OCH3 is 1. The van der Waals surface area contributed by atoms with Crippen molar-refractivity contribution < 1.29 is 17.9 Å². The zero-order chi connectivity index (χ0) is 22.4. The molecule has 0 atom stereocenters. The van der Waals surface area contributed by atoms with Crippen LogP contribution in [0.4, 0.5) is 17.2 Å². The number of aryl methyl sites for hydroxylation is 1. The van der Waals surface area contributed by atoms with E-state index < -0.39 is 16.0 Å². The third kappa shape index (κ3) is 6.38. The summed E-state index contributed by atoms with van der Waals surface area (Å²) in [7, 11) is -2.06. The van der Waals surface area contributed by atoms with E-state index in [1.165, 1.54) is 19.5 Å². The summed E-state index contributed by atoms with van der Waals surface area (Å²) in [4.78, 5) is 19.9. The molecular weight excluding hydrogens is 416 g/mol. The smallest absolute Gasteiger partial charge is 0.330 e. The second kappa shape index (κ2) is 9.40. The van der Waals surface area contributed by atoms with E-state index in [0.29, 0.717) is 22.9 Å².